The van der Waals surface area contributed by atoms with Crippen LogP contribution in [0.5, 0.6) is 0 Å². The third-order valence-corrected chi connectivity index (χ3v) is 7.73. The molecule has 0 aromatic carbocycles. The lowest BCUT2D eigenvalue weighted by Gasteiger charge is -2.50. The number of ether oxygens (including phenoxy) is 3. The number of hydrogen-bond donors (Lipinski definition) is 11. The zero-order valence-electron chi connectivity index (χ0n) is 22.5. The number of nitrogens with two attached hydrogens (primary N) is 3. The number of carbonyl (C=O) groups is 1. The van der Waals surface area contributed by atoms with Crippen LogP contribution in [0.4, 0.5) is 0 Å². The standard InChI is InChI=1S/C24H46N6O9/c1-24(36)10-37-23(18(34)21(24)28-2)39-20-14(30-22(35)15(32)8-25)7-13(27)16(17(20)33)19-12(26)4-3-11(38-19)9-29-5-6-31/h3,12-21,23,28-29,31-34,36H,4-10,25-27H2,1-2H3,(H,30,35)/t12-,13+,14-,15+,16?,17+,18-,19+,20+,21-,23-,24+/m1/s1. The summed E-state index contributed by atoms with van der Waals surface area (Å²) in [6, 6.07) is -2.88. The van der Waals surface area contributed by atoms with Crippen LogP contribution in [0.1, 0.15) is 19.8 Å². The van der Waals surface area contributed by atoms with Gasteiger partial charge in [-0.05, 0) is 32.9 Å². The van der Waals surface area contributed by atoms with Crippen LogP contribution in [0.3, 0.4) is 0 Å². The van der Waals surface area contributed by atoms with Gasteiger partial charge in [-0.15, -0.1) is 0 Å². The van der Waals surface area contributed by atoms with Crippen molar-refractivity contribution in [3.8, 4) is 0 Å². The van der Waals surface area contributed by atoms with E-state index in [4.69, 9.17) is 36.5 Å². The van der Waals surface area contributed by atoms with E-state index in [1.54, 1.807) is 7.05 Å². The molecule has 14 N–H and O–H groups in total. The molecule has 3 aliphatic rings. The molecule has 1 aliphatic carbocycles. The SMILES string of the molecule is CN[C@@H]1[C@@H](O)[C@@H](O[C@H]2[C@H](NC(=O)[C@@H](O)CN)C[C@H](N)C([C@H]3OC(CNCCO)=CC[C@H]3N)[C@@H]2O)OC[C@]1(C)O. The molecular formula is C24H46N6O9. The van der Waals surface area contributed by atoms with Crippen molar-refractivity contribution in [2.75, 3.05) is 39.9 Å². The van der Waals surface area contributed by atoms with Gasteiger partial charge in [0.25, 0.3) is 0 Å². The first-order valence-electron chi connectivity index (χ1n) is 13.3. The fraction of sp³-hybridized carbons (Fsp3) is 0.875. The average molecular weight is 563 g/mol. The molecule has 2 aliphatic heterocycles. The molecule has 3 rings (SSSR count). The Hall–Kier alpha value is -1.47. The van der Waals surface area contributed by atoms with Crippen molar-refractivity contribution < 1.29 is 44.5 Å². The molecule has 12 atom stereocenters. The van der Waals surface area contributed by atoms with E-state index in [0.29, 0.717) is 25.3 Å². The predicted molar refractivity (Wildman–Crippen MR) is 139 cm³/mol. The summed E-state index contributed by atoms with van der Waals surface area (Å²) in [7, 11) is 1.58. The first-order valence-corrected chi connectivity index (χ1v) is 13.3. The highest BCUT2D eigenvalue weighted by Gasteiger charge is 2.53. The molecule has 15 heteroatoms. The lowest BCUT2D eigenvalue weighted by atomic mass is 9.72. The van der Waals surface area contributed by atoms with Crippen molar-refractivity contribution in [3.63, 3.8) is 0 Å². The Morgan fingerprint density at radius 1 is 1.28 bits per heavy atom. The molecule has 0 spiro atoms. The van der Waals surface area contributed by atoms with Gasteiger partial charge >= 0.3 is 0 Å². The zero-order valence-corrected chi connectivity index (χ0v) is 22.5. The molecule has 2 fully saturated rings. The molecule has 0 bridgehead atoms. The molecule has 226 valence electrons. The summed E-state index contributed by atoms with van der Waals surface area (Å²) < 4.78 is 17.9. The largest absolute Gasteiger partial charge is 0.492 e. The second-order valence-corrected chi connectivity index (χ2v) is 10.8. The van der Waals surface area contributed by atoms with E-state index in [2.05, 4.69) is 16.0 Å². The second-order valence-electron chi connectivity index (χ2n) is 10.8. The van der Waals surface area contributed by atoms with E-state index in [1.807, 2.05) is 6.08 Å². The van der Waals surface area contributed by atoms with Gasteiger partial charge in [-0.3, -0.25) is 4.79 Å². The van der Waals surface area contributed by atoms with Gasteiger partial charge in [0.05, 0.1) is 37.9 Å². The number of likely N-dealkylation sites (N-methyl/N-ethyl adjacent to an activating group) is 1. The molecule has 0 aromatic rings. The van der Waals surface area contributed by atoms with Crippen LogP contribution >= 0.6 is 0 Å². The minimum Gasteiger partial charge on any atom is -0.492 e. The number of aliphatic hydroxyl groups is 5. The van der Waals surface area contributed by atoms with Crippen molar-refractivity contribution in [2.24, 2.45) is 23.1 Å². The van der Waals surface area contributed by atoms with Gasteiger partial charge in [0.2, 0.25) is 5.91 Å². The third-order valence-electron chi connectivity index (χ3n) is 7.73. The summed E-state index contributed by atoms with van der Waals surface area (Å²) in [6.45, 7) is 1.73. The molecule has 2 heterocycles. The van der Waals surface area contributed by atoms with Crippen LogP contribution in [0.2, 0.25) is 0 Å². The van der Waals surface area contributed by atoms with E-state index >= 15 is 0 Å². The summed E-state index contributed by atoms with van der Waals surface area (Å²) >= 11 is 0. The zero-order chi connectivity index (χ0) is 28.9. The van der Waals surface area contributed by atoms with Gasteiger partial charge in [0, 0.05) is 31.1 Å². The Morgan fingerprint density at radius 2 is 2.00 bits per heavy atom. The Morgan fingerprint density at radius 3 is 2.64 bits per heavy atom. The van der Waals surface area contributed by atoms with E-state index in [1.165, 1.54) is 6.92 Å². The normalized spacial score (nSPS) is 41.8. The lowest BCUT2D eigenvalue weighted by Crippen LogP contribution is -2.69. The molecule has 15 nitrogen and oxygen atoms in total. The highest BCUT2D eigenvalue weighted by atomic mass is 16.7. The fourth-order valence-electron chi connectivity index (χ4n) is 5.64. The van der Waals surface area contributed by atoms with Crippen molar-refractivity contribution in [3.05, 3.63) is 11.8 Å². The van der Waals surface area contributed by atoms with Crippen LogP contribution < -0.4 is 33.2 Å². The smallest absolute Gasteiger partial charge is 0.250 e. The van der Waals surface area contributed by atoms with Gasteiger partial charge < -0.3 is 72.9 Å². The van der Waals surface area contributed by atoms with E-state index in [9.17, 15) is 25.2 Å². The maximum Gasteiger partial charge on any atom is 0.250 e. The van der Waals surface area contributed by atoms with E-state index in [-0.39, 0.29) is 26.2 Å². The van der Waals surface area contributed by atoms with Crippen LogP contribution in [0.15, 0.2) is 11.8 Å². The van der Waals surface area contributed by atoms with Crippen molar-refractivity contribution in [1.29, 1.82) is 0 Å². The summed E-state index contributed by atoms with van der Waals surface area (Å²) in [5.74, 6) is -0.900. The van der Waals surface area contributed by atoms with Crippen LogP contribution in [-0.4, -0.2) is 138 Å². The topological polar surface area (TPSA) is 260 Å². The monoisotopic (exact) mass is 562 g/mol. The van der Waals surface area contributed by atoms with Crippen molar-refractivity contribution in [1.82, 2.24) is 16.0 Å². The van der Waals surface area contributed by atoms with Crippen LogP contribution in [0, 0.1) is 5.92 Å². The number of hydrogen-bond acceptors (Lipinski definition) is 14. The fourth-order valence-corrected chi connectivity index (χ4v) is 5.64. The minimum atomic E-state index is -1.48. The van der Waals surface area contributed by atoms with Crippen molar-refractivity contribution >= 4 is 5.91 Å². The van der Waals surface area contributed by atoms with Gasteiger partial charge in [-0.2, -0.15) is 0 Å². The highest BCUT2D eigenvalue weighted by Crippen LogP contribution is 2.36. The third kappa shape index (κ3) is 7.44. The quantitative estimate of drug-likeness (QED) is 0.105. The van der Waals surface area contributed by atoms with Gasteiger partial charge in [-0.25, -0.2) is 0 Å². The second kappa shape index (κ2) is 13.9. The molecule has 1 saturated carbocycles. The molecule has 1 amide bonds. The van der Waals surface area contributed by atoms with Crippen LogP contribution in [0.25, 0.3) is 0 Å². The summed E-state index contributed by atoms with van der Waals surface area (Å²) in [6.07, 6.45) is -4.83. The number of rotatable bonds is 11. The van der Waals surface area contributed by atoms with E-state index in [0.717, 1.165) is 0 Å². The number of amides is 1. The molecule has 1 unspecified atom stereocenters. The lowest BCUT2D eigenvalue weighted by molar-refractivity contribution is -0.297. The van der Waals surface area contributed by atoms with E-state index < -0.39 is 78.4 Å². The molecular weight excluding hydrogens is 516 g/mol. The highest BCUT2D eigenvalue weighted by molar-refractivity contribution is 5.81. The van der Waals surface area contributed by atoms with Gasteiger partial charge in [-0.1, -0.05) is 0 Å². The predicted octanol–water partition coefficient (Wildman–Crippen LogP) is -5.48. The van der Waals surface area contributed by atoms with Gasteiger partial charge in [0.15, 0.2) is 6.29 Å². The van der Waals surface area contributed by atoms with Crippen LogP contribution in [-0.2, 0) is 19.0 Å². The number of carbonyl (C=O) groups excluding carboxylic acids is 1. The summed E-state index contributed by atoms with van der Waals surface area (Å²) in [5.41, 5.74) is 16.9. The van der Waals surface area contributed by atoms with Gasteiger partial charge in [0.1, 0.15) is 35.8 Å². The first kappa shape index (κ1) is 32.0. The minimum absolute atomic E-state index is 0.0354. The maximum atomic E-state index is 12.5. The Kier molecular flexibility index (Phi) is 11.5. The Bertz CT molecular complexity index is 836. The number of nitrogens with one attached hydrogen (secondary N) is 3. The Balaban J connectivity index is 1.85. The maximum absolute atomic E-state index is 12.5. The molecule has 39 heavy (non-hydrogen) atoms. The first-order chi connectivity index (χ1) is 18.4. The summed E-state index contributed by atoms with van der Waals surface area (Å²) in [4.78, 5) is 12.5. The van der Waals surface area contributed by atoms with Crippen molar-refractivity contribution in [2.45, 2.75) is 86.3 Å². The average Bonchev–Trinajstić information content (AvgIpc) is 2.88. The summed E-state index contributed by atoms with van der Waals surface area (Å²) in [5, 5.41) is 60.7. The number of aliphatic hydroxyl groups excluding tert-OH is 4. The Labute approximate surface area is 228 Å². The molecule has 0 radical (unpaired) electrons. The molecule has 0 aromatic heterocycles. The molecule has 1 saturated heterocycles.